The van der Waals surface area contributed by atoms with E-state index in [2.05, 4.69) is 18.3 Å². The van der Waals surface area contributed by atoms with E-state index < -0.39 is 0 Å². The second kappa shape index (κ2) is 5.40. The van der Waals surface area contributed by atoms with Gasteiger partial charge in [0.2, 0.25) is 0 Å². The Labute approximate surface area is 107 Å². The summed E-state index contributed by atoms with van der Waals surface area (Å²) in [4.78, 5) is 11.4. The lowest BCUT2D eigenvalue weighted by Gasteiger charge is -2.15. The van der Waals surface area contributed by atoms with Gasteiger partial charge in [0.25, 0.3) is 0 Å². The highest BCUT2D eigenvalue weighted by molar-refractivity contribution is 5.76. The van der Waals surface area contributed by atoms with Crippen LogP contribution in [0.1, 0.15) is 17.5 Å². The first-order valence-corrected chi connectivity index (χ1v) is 6.16. The Morgan fingerprint density at radius 3 is 2.89 bits per heavy atom. The molecule has 0 aromatic heterocycles. The number of ether oxygens (including phenoxy) is 2. The van der Waals surface area contributed by atoms with Crippen molar-refractivity contribution in [1.82, 2.24) is 5.32 Å². The highest BCUT2D eigenvalue weighted by atomic mass is 16.5. The third-order valence-electron chi connectivity index (χ3n) is 3.42. The van der Waals surface area contributed by atoms with Gasteiger partial charge in [-0.1, -0.05) is 12.1 Å². The lowest BCUT2D eigenvalue weighted by Crippen LogP contribution is -2.31. The fraction of sp³-hybridized carbons (Fsp3) is 0.500. The number of hydrogen-bond donors (Lipinski definition) is 1. The standard InChI is InChI=1S/C14H19NO3/c1-9-5-4-6-13(10(9)2)18-11-7-12(15-8-11)14(16)17-3/h4-6,11-12,15H,7-8H2,1-3H3/t11-,12+/m1/s1. The highest BCUT2D eigenvalue weighted by Crippen LogP contribution is 2.24. The average Bonchev–Trinajstić information content (AvgIpc) is 2.82. The molecular weight excluding hydrogens is 230 g/mol. The van der Waals surface area contributed by atoms with Gasteiger partial charge in [-0.15, -0.1) is 0 Å². The van der Waals surface area contributed by atoms with Crippen LogP contribution in [-0.4, -0.2) is 31.8 Å². The van der Waals surface area contributed by atoms with Crippen molar-refractivity contribution in [1.29, 1.82) is 0 Å². The van der Waals surface area contributed by atoms with Crippen LogP contribution in [0.3, 0.4) is 0 Å². The molecule has 0 bridgehead atoms. The van der Waals surface area contributed by atoms with E-state index in [4.69, 9.17) is 9.47 Å². The first kappa shape index (κ1) is 12.9. The Kier molecular flexibility index (Phi) is 3.87. The van der Waals surface area contributed by atoms with E-state index in [1.807, 2.05) is 19.1 Å². The molecule has 2 atom stereocenters. The van der Waals surface area contributed by atoms with Crippen LogP contribution in [-0.2, 0) is 9.53 Å². The third-order valence-corrected chi connectivity index (χ3v) is 3.42. The maximum absolute atomic E-state index is 11.4. The Morgan fingerprint density at radius 2 is 2.17 bits per heavy atom. The van der Waals surface area contributed by atoms with E-state index in [-0.39, 0.29) is 18.1 Å². The molecule has 1 aliphatic rings. The second-order valence-corrected chi connectivity index (χ2v) is 4.66. The number of carbonyl (C=O) groups is 1. The Morgan fingerprint density at radius 1 is 1.39 bits per heavy atom. The molecule has 18 heavy (non-hydrogen) atoms. The summed E-state index contributed by atoms with van der Waals surface area (Å²) in [7, 11) is 1.41. The summed E-state index contributed by atoms with van der Waals surface area (Å²) in [5.41, 5.74) is 2.36. The monoisotopic (exact) mass is 249 g/mol. The minimum Gasteiger partial charge on any atom is -0.489 e. The summed E-state index contributed by atoms with van der Waals surface area (Å²) < 4.78 is 10.7. The molecule has 0 saturated carbocycles. The van der Waals surface area contributed by atoms with Crippen molar-refractivity contribution >= 4 is 5.97 Å². The fourth-order valence-corrected chi connectivity index (χ4v) is 2.15. The normalized spacial score (nSPS) is 22.8. The minimum atomic E-state index is -0.245. The molecule has 4 heteroatoms. The van der Waals surface area contributed by atoms with Crippen molar-refractivity contribution in [3.8, 4) is 5.75 Å². The second-order valence-electron chi connectivity index (χ2n) is 4.66. The Balaban J connectivity index is 1.99. The van der Waals surface area contributed by atoms with Crippen molar-refractivity contribution < 1.29 is 14.3 Å². The van der Waals surface area contributed by atoms with Gasteiger partial charge in [0.1, 0.15) is 17.9 Å². The molecule has 0 radical (unpaired) electrons. The number of methoxy groups -OCH3 is 1. The number of aryl methyl sites for hydroxylation is 1. The van der Waals surface area contributed by atoms with Crippen LogP contribution in [0.4, 0.5) is 0 Å². The topological polar surface area (TPSA) is 47.6 Å². The van der Waals surface area contributed by atoms with Crippen LogP contribution in [0.15, 0.2) is 18.2 Å². The lowest BCUT2D eigenvalue weighted by atomic mass is 10.1. The quantitative estimate of drug-likeness (QED) is 0.826. The summed E-state index contributed by atoms with van der Waals surface area (Å²) in [6.45, 7) is 4.78. The number of esters is 1. The largest absolute Gasteiger partial charge is 0.489 e. The average molecular weight is 249 g/mol. The third kappa shape index (κ3) is 2.64. The Bertz CT molecular complexity index is 445. The molecule has 1 aliphatic heterocycles. The number of carbonyl (C=O) groups excluding carboxylic acids is 1. The molecule has 0 amide bonds. The van der Waals surface area contributed by atoms with Gasteiger partial charge >= 0.3 is 5.97 Å². The van der Waals surface area contributed by atoms with E-state index in [0.29, 0.717) is 13.0 Å². The van der Waals surface area contributed by atoms with Crippen LogP contribution in [0.5, 0.6) is 5.75 Å². The van der Waals surface area contributed by atoms with E-state index in [1.165, 1.54) is 12.7 Å². The number of rotatable bonds is 3. The molecule has 0 spiro atoms. The maximum Gasteiger partial charge on any atom is 0.323 e. The molecule has 1 heterocycles. The van der Waals surface area contributed by atoms with Gasteiger partial charge in [-0.05, 0) is 31.0 Å². The van der Waals surface area contributed by atoms with E-state index >= 15 is 0 Å². The predicted molar refractivity (Wildman–Crippen MR) is 68.8 cm³/mol. The van der Waals surface area contributed by atoms with Gasteiger partial charge < -0.3 is 14.8 Å². The number of nitrogens with one attached hydrogen (secondary N) is 1. The zero-order valence-electron chi connectivity index (χ0n) is 11.0. The summed E-state index contributed by atoms with van der Waals surface area (Å²) in [6, 6.07) is 5.77. The zero-order valence-corrected chi connectivity index (χ0v) is 11.0. The van der Waals surface area contributed by atoms with Crippen LogP contribution < -0.4 is 10.1 Å². The summed E-state index contributed by atoms with van der Waals surface area (Å²) in [5.74, 6) is 0.675. The molecule has 0 aliphatic carbocycles. The number of hydrogen-bond acceptors (Lipinski definition) is 4. The van der Waals surface area contributed by atoms with E-state index in [9.17, 15) is 4.79 Å². The van der Waals surface area contributed by atoms with Crippen LogP contribution in [0.25, 0.3) is 0 Å². The van der Waals surface area contributed by atoms with Crippen molar-refractivity contribution in [2.24, 2.45) is 0 Å². The Hall–Kier alpha value is -1.55. The van der Waals surface area contributed by atoms with E-state index in [1.54, 1.807) is 0 Å². The van der Waals surface area contributed by atoms with Gasteiger partial charge in [-0.2, -0.15) is 0 Å². The van der Waals surface area contributed by atoms with Crippen molar-refractivity contribution in [3.05, 3.63) is 29.3 Å². The van der Waals surface area contributed by atoms with Crippen molar-refractivity contribution in [2.75, 3.05) is 13.7 Å². The molecule has 1 N–H and O–H groups in total. The van der Waals surface area contributed by atoms with Crippen molar-refractivity contribution in [2.45, 2.75) is 32.4 Å². The summed E-state index contributed by atoms with van der Waals surface area (Å²) in [5, 5.41) is 3.11. The first-order valence-electron chi connectivity index (χ1n) is 6.16. The van der Waals surface area contributed by atoms with Crippen LogP contribution in [0.2, 0.25) is 0 Å². The van der Waals surface area contributed by atoms with Gasteiger partial charge in [-0.25, -0.2) is 0 Å². The molecule has 1 aromatic carbocycles. The summed E-state index contributed by atoms with van der Waals surface area (Å²) in [6.07, 6.45) is 0.676. The lowest BCUT2D eigenvalue weighted by molar-refractivity contribution is -0.142. The molecule has 98 valence electrons. The summed E-state index contributed by atoms with van der Waals surface area (Å²) >= 11 is 0. The van der Waals surface area contributed by atoms with Gasteiger partial charge in [0.15, 0.2) is 0 Å². The van der Waals surface area contributed by atoms with Gasteiger partial charge in [0.05, 0.1) is 7.11 Å². The van der Waals surface area contributed by atoms with Gasteiger partial charge in [-0.3, -0.25) is 4.79 Å². The maximum atomic E-state index is 11.4. The number of benzene rings is 1. The highest BCUT2D eigenvalue weighted by Gasteiger charge is 2.31. The minimum absolute atomic E-state index is 0.0228. The molecular formula is C14H19NO3. The zero-order chi connectivity index (χ0) is 13.1. The van der Waals surface area contributed by atoms with E-state index in [0.717, 1.165) is 11.3 Å². The molecule has 2 rings (SSSR count). The molecule has 1 aromatic rings. The SMILES string of the molecule is COC(=O)[C@@H]1C[C@@H](Oc2cccc(C)c2C)CN1. The fourth-order valence-electron chi connectivity index (χ4n) is 2.15. The predicted octanol–water partition coefficient (Wildman–Crippen LogP) is 1.59. The smallest absolute Gasteiger partial charge is 0.323 e. The van der Waals surface area contributed by atoms with Gasteiger partial charge in [0, 0.05) is 13.0 Å². The molecule has 1 saturated heterocycles. The van der Waals surface area contributed by atoms with Crippen LogP contribution >= 0.6 is 0 Å². The first-order chi connectivity index (χ1) is 8.61. The molecule has 0 unspecified atom stereocenters. The van der Waals surface area contributed by atoms with Crippen molar-refractivity contribution in [3.63, 3.8) is 0 Å². The molecule has 4 nitrogen and oxygen atoms in total. The van der Waals surface area contributed by atoms with Crippen LogP contribution in [0, 0.1) is 13.8 Å². The molecule has 1 fully saturated rings.